The molecule has 2 fully saturated rings. The maximum atomic E-state index is 12.5. The second kappa shape index (κ2) is 9.64. The first kappa shape index (κ1) is 21.7. The van der Waals surface area contributed by atoms with Crippen molar-refractivity contribution in [3.63, 3.8) is 0 Å². The first-order valence-electron chi connectivity index (χ1n) is 11.1. The van der Waals surface area contributed by atoms with Crippen LogP contribution in [0.5, 0.6) is 5.75 Å². The number of benzene rings is 1. The van der Waals surface area contributed by atoms with E-state index in [1.165, 1.54) is 18.4 Å². The molecule has 0 spiro atoms. The molecule has 3 rings (SSSR count). The minimum absolute atomic E-state index is 0.136. The Balaban J connectivity index is 1.33. The van der Waals surface area contributed by atoms with Crippen molar-refractivity contribution in [2.45, 2.75) is 64.7 Å². The SMILES string of the molecule is CC(C)(C)c1ccc(OCCCC(=O)N2CCN(C(=O)C3CCCC3)CC2)cc1. The molecule has 1 aromatic rings. The molecule has 0 atom stereocenters. The van der Waals surface area contributed by atoms with Crippen molar-refractivity contribution in [2.24, 2.45) is 5.92 Å². The molecule has 29 heavy (non-hydrogen) atoms. The topological polar surface area (TPSA) is 49.9 Å². The van der Waals surface area contributed by atoms with Crippen molar-refractivity contribution in [1.29, 1.82) is 0 Å². The molecule has 0 bridgehead atoms. The number of piperazine rings is 1. The Hall–Kier alpha value is -2.04. The molecule has 5 heteroatoms. The highest BCUT2D eigenvalue weighted by Gasteiger charge is 2.30. The fraction of sp³-hybridized carbons (Fsp3) is 0.667. The van der Waals surface area contributed by atoms with E-state index in [4.69, 9.17) is 4.74 Å². The summed E-state index contributed by atoms with van der Waals surface area (Å²) in [6, 6.07) is 8.21. The molecular formula is C24H36N2O3. The first-order valence-corrected chi connectivity index (χ1v) is 11.1. The van der Waals surface area contributed by atoms with Crippen molar-refractivity contribution in [1.82, 2.24) is 9.80 Å². The van der Waals surface area contributed by atoms with Crippen LogP contribution >= 0.6 is 0 Å². The zero-order valence-electron chi connectivity index (χ0n) is 18.3. The number of amides is 2. The summed E-state index contributed by atoms with van der Waals surface area (Å²) in [5.41, 5.74) is 1.42. The smallest absolute Gasteiger partial charge is 0.225 e. The molecular weight excluding hydrogens is 364 g/mol. The molecule has 1 aliphatic heterocycles. The molecule has 5 nitrogen and oxygen atoms in total. The van der Waals surface area contributed by atoms with Crippen molar-refractivity contribution >= 4 is 11.8 Å². The van der Waals surface area contributed by atoms with Crippen LogP contribution in [0.2, 0.25) is 0 Å². The number of nitrogens with zero attached hydrogens (tertiary/aromatic N) is 2. The minimum atomic E-state index is 0.136. The van der Waals surface area contributed by atoms with Crippen LogP contribution in [-0.2, 0) is 15.0 Å². The number of hydrogen-bond acceptors (Lipinski definition) is 3. The van der Waals surface area contributed by atoms with Gasteiger partial charge in [-0.3, -0.25) is 9.59 Å². The van der Waals surface area contributed by atoms with Gasteiger partial charge in [-0.05, 0) is 42.4 Å². The zero-order chi connectivity index (χ0) is 20.9. The van der Waals surface area contributed by atoms with Crippen LogP contribution in [0.4, 0.5) is 0 Å². The first-order chi connectivity index (χ1) is 13.8. The van der Waals surface area contributed by atoms with Gasteiger partial charge in [-0.25, -0.2) is 0 Å². The molecule has 1 heterocycles. The summed E-state index contributed by atoms with van der Waals surface area (Å²) < 4.78 is 5.79. The summed E-state index contributed by atoms with van der Waals surface area (Å²) in [6.45, 7) is 9.80. The predicted molar refractivity (Wildman–Crippen MR) is 115 cm³/mol. The lowest BCUT2D eigenvalue weighted by Gasteiger charge is -2.36. The van der Waals surface area contributed by atoms with Crippen molar-refractivity contribution in [3.8, 4) is 5.75 Å². The van der Waals surface area contributed by atoms with Gasteiger partial charge < -0.3 is 14.5 Å². The molecule has 160 valence electrons. The fourth-order valence-corrected chi connectivity index (χ4v) is 4.23. The standard InChI is InChI=1S/C24H36N2O3/c1-24(2,3)20-10-12-21(13-11-20)29-18-6-9-22(27)25-14-16-26(17-15-25)23(28)19-7-4-5-8-19/h10-13,19H,4-9,14-18H2,1-3H3. The zero-order valence-corrected chi connectivity index (χ0v) is 18.3. The number of hydrogen-bond donors (Lipinski definition) is 0. The normalized spacial score (nSPS) is 18.2. The average Bonchev–Trinajstić information content (AvgIpc) is 3.25. The van der Waals surface area contributed by atoms with E-state index in [9.17, 15) is 9.59 Å². The molecule has 2 aliphatic rings. The average molecular weight is 401 g/mol. The van der Waals surface area contributed by atoms with Gasteiger partial charge in [0.05, 0.1) is 6.61 Å². The van der Waals surface area contributed by atoms with Crippen LogP contribution in [0.25, 0.3) is 0 Å². The van der Waals surface area contributed by atoms with Gasteiger partial charge in [0.15, 0.2) is 0 Å². The largest absolute Gasteiger partial charge is 0.494 e. The van der Waals surface area contributed by atoms with Gasteiger partial charge in [0, 0.05) is 38.5 Å². The van der Waals surface area contributed by atoms with E-state index in [1.54, 1.807) is 0 Å². The maximum Gasteiger partial charge on any atom is 0.225 e. The monoisotopic (exact) mass is 400 g/mol. The number of carbonyl (C=O) groups excluding carboxylic acids is 2. The Bertz CT molecular complexity index is 679. The fourth-order valence-electron chi connectivity index (χ4n) is 4.23. The van der Waals surface area contributed by atoms with Gasteiger partial charge in [0.2, 0.25) is 11.8 Å². The summed E-state index contributed by atoms with van der Waals surface area (Å²) in [4.78, 5) is 28.8. The summed E-state index contributed by atoms with van der Waals surface area (Å²) in [5, 5.41) is 0. The predicted octanol–water partition coefficient (Wildman–Crippen LogP) is 4.00. The number of rotatable bonds is 6. The lowest BCUT2D eigenvalue weighted by atomic mass is 9.87. The highest BCUT2D eigenvalue weighted by atomic mass is 16.5. The van der Waals surface area contributed by atoms with Gasteiger partial charge in [-0.15, -0.1) is 0 Å². The third-order valence-electron chi connectivity index (χ3n) is 6.17. The summed E-state index contributed by atoms with van der Waals surface area (Å²) in [5.74, 6) is 1.56. The van der Waals surface area contributed by atoms with Gasteiger partial charge >= 0.3 is 0 Å². The molecule has 1 saturated heterocycles. The quantitative estimate of drug-likeness (QED) is 0.678. The van der Waals surface area contributed by atoms with E-state index in [1.807, 2.05) is 21.9 Å². The lowest BCUT2D eigenvalue weighted by molar-refractivity contribution is -0.142. The second-order valence-electron chi connectivity index (χ2n) is 9.41. The molecule has 1 saturated carbocycles. The van der Waals surface area contributed by atoms with Crippen LogP contribution < -0.4 is 4.74 Å². The highest BCUT2D eigenvalue weighted by Crippen LogP contribution is 2.27. The Morgan fingerprint density at radius 2 is 1.55 bits per heavy atom. The van der Waals surface area contributed by atoms with Crippen LogP contribution in [0.15, 0.2) is 24.3 Å². The molecule has 1 aliphatic carbocycles. The molecule has 0 aromatic heterocycles. The molecule has 0 radical (unpaired) electrons. The molecule has 0 unspecified atom stereocenters. The summed E-state index contributed by atoms with van der Waals surface area (Å²) in [7, 11) is 0. The van der Waals surface area contributed by atoms with Gasteiger partial charge in [0.1, 0.15) is 5.75 Å². The van der Waals surface area contributed by atoms with E-state index in [-0.39, 0.29) is 17.2 Å². The third kappa shape index (κ3) is 5.97. The lowest BCUT2D eigenvalue weighted by Crippen LogP contribution is -2.51. The van der Waals surface area contributed by atoms with Crippen molar-refractivity contribution in [3.05, 3.63) is 29.8 Å². The molecule has 2 amide bonds. The third-order valence-corrected chi connectivity index (χ3v) is 6.17. The van der Waals surface area contributed by atoms with E-state index in [0.717, 1.165) is 18.6 Å². The van der Waals surface area contributed by atoms with Crippen LogP contribution in [0.3, 0.4) is 0 Å². The second-order valence-corrected chi connectivity index (χ2v) is 9.41. The minimum Gasteiger partial charge on any atom is -0.494 e. The van der Waals surface area contributed by atoms with Gasteiger partial charge in [-0.2, -0.15) is 0 Å². The van der Waals surface area contributed by atoms with E-state index in [2.05, 4.69) is 32.9 Å². The van der Waals surface area contributed by atoms with Crippen LogP contribution in [0.1, 0.15) is 64.9 Å². The van der Waals surface area contributed by atoms with E-state index >= 15 is 0 Å². The summed E-state index contributed by atoms with van der Waals surface area (Å²) >= 11 is 0. The Kier molecular flexibility index (Phi) is 7.20. The van der Waals surface area contributed by atoms with Crippen molar-refractivity contribution in [2.75, 3.05) is 32.8 Å². The number of carbonyl (C=O) groups is 2. The Morgan fingerprint density at radius 1 is 0.966 bits per heavy atom. The Labute approximate surface area is 175 Å². The number of ether oxygens (including phenoxy) is 1. The van der Waals surface area contributed by atoms with Crippen LogP contribution in [0, 0.1) is 5.92 Å². The summed E-state index contributed by atoms with van der Waals surface area (Å²) in [6.07, 6.45) is 5.64. The maximum absolute atomic E-state index is 12.5. The van der Waals surface area contributed by atoms with Crippen LogP contribution in [-0.4, -0.2) is 54.4 Å². The molecule has 0 N–H and O–H groups in total. The molecule has 1 aromatic carbocycles. The van der Waals surface area contributed by atoms with E-state index < -0.39 is 0 Å². The van der Waals surface area contributed by atoms with Crippen molar-refractivity contribution < 1.29 is 14.3 Å². The van der Waals surface area contributed by atoms with E-state index in [0.29, 0.717) is 51.5 Å². The van der Waals surface area contributed by atoms with Gasteiger partial charge in [0.25, 0.3) is 0 Å². The Morgan fingerprint density at radius 3 is 2.14 bits per heavy atom. The highest BCUT2D eigenvalue weighted by molar-refractivity contribution is 5.80. The van der Waals surface area contributed by atoms with Gasteiger partial charge in [-0.1, -0.05) is 45.7 Å².